The Balaban J connectivity index is 0.00000243. The number of imide groups is 1. The third-order valence-corrected chi connectivity index (χ3v) is 5.12. The molecule has 2 aliphatic rings. The number of nitrogens with zero attached hydrogens (tertiary/aromatic N) is 1. The lowest BCUT2D eigenvalue weighted by molar-refractivity contribution is -0.127. The lowest BCUT2D eigenvalue weighted by Gasteiger charge is -2.34. The van der Waals surface area contributed by atoms with Gasteiger partial charge < -0.3 is 10.6 Å². The molecule has 3 unspecified atom stereocenters. The molecule has 0 bridgehead atoms. The second kappa shape index (κ2) is 8.18. The third-order valence-electron chi connectivity index (χ3n) is 5.12. The number of halogens is 1. The van der Waals surface area contributed by atoms with Crippen LogP contribution in [-0.4, -0.2) is 47.8 Å². The Morgan fingerprint density at radius 2 is 1.77 bits per heavy atom. The lowest BCUT2D eigenvalue weighted by atomic mass is 9.94. The molecule has 3 amide bonds. The number of piperidine rings is 1. The number of fused-ring (bicyclic) bond motifs is 1. The lowest BCUT2D eigenvalue weighted by Crippen LogP contribution is -2.57. The molecule has 1 aromatic carbocycles. The molecule has 0 aliphatic carbocycles. The number of carbonyl (C=O) groups excluding carboxylic acids is 3. The third kappa shape index (κ3) is 3.62. The van der Waals surface area contributed by atoms with Crippen molar-refractivity contribution in [2.24, 2.45) is 11.8 Å². The number of hydrogen-bond acceptors (Lipinski definition) is 4. The molecule has 7 heteroatoms. The van der Waals surface area contributed by atoms with E-state index in [2.05, 4.69) is 17.6 Å². The van der Waals surface area contributed by atoms with E-state index in [-0.39, 0.29) is 42.1 Å². The first kappa shape index (κ1) is 20.4. The average molecular weight is 380 g/mol. The maximum Gasteiger partial charge on any atom is 0.262 e. The van der Waals surface area contributed by atoms with Crippen LogP contribution in [-0.2, 0) is 4.79 Å². The molecule has 26 heavy (non-hydrogen) atoms. The molecule has 3 rings (SSSR count). The predicted molar refractivity (Wildman–Crippen MR) is 101 cm³/mol. The molecule has 6 nitrogen and oxygen atoms in total. The molecule has 142 valence electrons. The van der Waals surface area contributed by atoms with Crippen LogP contribution in [0.3, 0.4) is 0 Å². The van der Waals surface area contributed by atoms with Crippen molar-refractivity contribution in [3.8, 4) is 0 Å². The number of benzene rings is 1. The minimum absolute atomic E-state index is 0. The minimum Gasteiger partial charge on any atom is -0.351 e. The van der Waals surface area contributed by atoms with Crippen LogP contribution < -0.4 is 10.6 Å². The Hall–Kier alpha value is -1.92. The summed E-state index contributed by atoms with van der Waals surface area (Å²) in [5.74, 6) is -0.865. The highest BCUT2D eigenvalue weighted by Crippen LogP contribution is 2.27. The molecule has 0 saturated carbocycles. The molecule has 1 saturated heterocycles. The van der Waals surface area contributed by atoms with Gasteiger partial charge in [0.05, 0.1) is 11.1 Å². The average Bonchev–Trinajstić information content (AvgIpc) is 2.83. The fourth-order valence-electron chi connectivity index (χ4n) is 3.68. The van der Waals surface area contributed by atoms with E-state index in [9.17, 15) is 14.4 Å². The van der Waals surface area contributed by atoms with E-state index in [4.69, 9.17) is 0 Å². The quantitative estimate of drug-likeness (QED) is 0.782. The van der Waals surface area contributed by atoms with Crippen molar-refractivity contribution < 1.29 is 14.4 Å². The summed E-state index contributed by atoms with van der Waals surface area (Å²) in [4.78, 5) is 39.5. The van der Waals surface area contributed by atoms with Gasteiger partial charge in [0.2, 0.25) is 5.91 Å². The van der Waals surface area contributed by atoms with E-state index in [1.165, 1.54) is 0 Å². The Labute approximate surface area is 160 Å². The van der Waals surface area contributed by atoms with Gasteiger partial charge in [0.25, 0.3) is 11.8 Å². The Kier molecular flexibility index (Phi) is 6.42. The molecule has 0 aromatic heterocycles. The zero-order chi connectivity index (χ0) is 18.1. The maximum atomic E-state index is 13.0. The highest BCUT2D eigenvalue weighted by atomic mass is 35.5. The van der Waals surface area contributed by atoms with Gasteiger partial charge in [0.15, 0.2) is 0 Å². The van der Waals surface area contributed by atoms with Gasteiger partial charge in [-0.25, -0.2) is 0 Å². The second-order valence-corrected chi connectivity index (χ2v) is 7.30. The monoisotopic (exact) mass is 379 g/mol. The van der Waals surface area contributed by atoms with Crippen molar-refractivity contribution in [2.75, 3.05) is 13.1 Å². The van der Waals surface area contributed by atoms with E-state index in [0.717, 1.165) is 24.4 Å². The summed E-state index contributed by atoms with van der Waals surface area (Å²) < 4.78 is 0. The molecular weight excluding hydrogens is 354 g/mol. The Bertz CT molecular complexity index is 672. The molecule has 1 fully saturated rings. The number of hydrogen-bond donors (Lipinski definition) is 2. The van der Waals surface area contributed by atoms with E-state index < -0.39 is 6.04 Å². The topological polar surface area (TPSA) is 78.5 Å². The van der Waals surface area contributed by atoms with Crippen molar-refractivity contribution in [2.45, 2.75) is 39.3 Å². The maximum absolute atomic E-state index is 13.0. The van der Waals surface area contributed by atoms with Gasteiger partial charge in [-0.05, 0) is 43.5 Å². The first-order valence-corrected chi connectivity index (χ1v) is 8.89. The Morgan fingerprint density at radius 3 is 2.27 bits per heavy atom. The van der Waals surface area contributed by atoms with Crippen molar-refractivity contribution in [1.82, 2.24) is 15.5 Å². The van der Waals surface area contributed by atoms with Gasteiger partial charge in [-0.1, -0.05) is 32.9 Å². The van der Waals surface area contributed by atoms with E-state index in [1.54, 1.807) is 24.3 Å². The summed E-state index contributed by atoms with van der Waals surface area (Å²) >= 11 is 0. The first-order valence-electron chi connectivity index (χ1n) is 8.89. The molecule has 0 spiro atoms. The summed E-state index contributed by atoms with van der Waals surface area (Å²) in [6.45, 7) is 7.52. The van der Waals surface area contributed by atoms with Crippen LogP contribution in [0, 0.1) is 11.8 Å². The Morgan fingerprint density at radius 1 is 1.19 bits per heavy atom. The van der Waals surface area contributed by atoms with Gasteiger partial charge in [-0.3, -0.25) is 19.3 Å². The highest BCUT2D eigenvalue weighted by Gasteiger charge is 2.44. The van der Waals surface area contributed by atoms with Crippen LogP contribution in [0.5, 0.6) is 0 Å². The van der Waals surface area contributed by atoms with E-state index >= 15 is 0 Å². The normalized spacial score (nSPS) is 23.5. The molecule has 3 atom stereocenters. The fourth-order valence-corrected chi connectivity index (χ4v) is 3.68. The molecular formula is C19H26ClN3O3. The standard InChI is InChI=1S/C19H25N3O3.ClH/c1-11(2)16(17(23)21-15-8-9-20-10-12(15)3)22-18(24)13-6-4-5-7-14(13)19(22)25;/h4-7,11-12,15-16,20H,8-10H2,1-3H3,(H,21,23);1H. The number of carbonyl (C=O) groups is 3. The van der Waals surface area contributed by atoms with Crippen LogP contribution in [0.4, 0.5) is 0 Å². The summed E-state index contributed by atoms with van der Waals surface area (Å²) in [5.41, 5.74) is 0.752. The summed E-state index contributed by atoms with van der Waals surface area (Å²) in [6, 6.07) is 6.00. The van der Waals surface area contributed by atoms with Crippen molar-refractivity contribution in [3.05, 3.63) is 35.4 Å². The second-order valence-electron chi connectivity index (χ2n) is 7.30. The summed E-state index contributed by atoms with van der Waals surface area (Å²) in [6.07, 6.45) is 0.847. The minimum atomic E-state index is -0.797. The van der Waals surface area contributed by atoms with Crippen molar-refractivity contribution >= 4 is 30.1 Å². The van der Waals surface area contributed by atoms with Gasteiger partial charge in [0, 0.05) is 6.04 Å². The largest absolute Gasteiger partial charge is 0.351 e. The van der Waals surface area contributed by atoms with Crippen molar-refractivity contribution in [1.29, 1.82) is 0 Å². The van der Waals surface area contributed by atoms with Crippen LogP contribution in [0.25, 0.3) is 0 Å². The number of rotatable bonds is 4. The summed E-state index contributed by atoms with van der Waals surface area (Å²) in [7, 11) is 0. The van der Waals surface area contributed by atoms with Gasteiger partial charge in [-0.2, -0.15) is 0 Å². The first-order chi connectivity index (χ1) is 11.9. The number of amides is 3. The smallest absolute Gasteiger partial charge is 0.262 e. The van der Waals surface area contributed by atoms with Crippen LogP contribution in [0.15, 0.2) is 24.3 Å². The van der Waals surface area contributed by atoms with Gasteiger partial charge >= 0.3 is 0 Å². The van der Waals surface area contributed by atoms with Gasteiger partial charge in [0.1, 0.15) is 6.04 Å². The molecule has 2 aliphatic heterocycles. The SMILES string of the molecule is CC(C)C(C(=O)NC1CCNCC1C)N1C(=O)c2ccccc2C1=O.Cl. The number of nitrogens with one attached hydrogen (secondary N) is 2. The molecule has 2 heterocycles. The highest BCUT2D eigenvalue weighted by molar-refractivity contribution is 6.22. The van der Waals surface area contributed by atoms with Crippen LogP contribution >= 0.6 is 12.4 Å². The fraction of sp³-hybridized carbons (Fsp3) is 0.526. The molecule has 0 radical (unpaired) electrons. The van der Waals surface area contributed by atoms with Crippen molar-refractivity contribution in [3.63, 3.8) is 0 Å². The summed E-state index contributed by atoms with van der Waals surface area (Å²) in [5, 5.41) is 6.37. The molecule has 1 aromatic rings. The van der Waals surface area contributed by atoms with Gasteiger partial charge in [-0.15, -0.1) is 12.4 Å². The van der Waals surface area contributed by atoms with E-state index in [0.29, 0.717) is 17.0 Å². The predicted octanol–water partition coefficient (Wildman–Crippen LogP) is 1.84. The molecule has 2 N–H and O–H groups in total. The zero-order valence-electron chi connectivity index (χ0n) is 15.3. The van der Waals surface area contributed by atoms with Crippen LogP contribution in [0.1, 0.15) is 47.9 Å². The zero-order valence-corrected chi connectivity index (χ0v) is 16.1. The van der Waals surface area contributed by atoms with Crippen LogP contribution in [0.2, 0.25) is 0 Å². The van der Waals surface area contributed by atoms with E-state index in [1.807, 2.05) is 13.8 Å².